The van der Waals surface area contributed by atoms with Gasteiger partial charge in [-0.25, -0.2) is 8.78 Å². The van der Waals surface area contributed by atoms with Crippen LogP contribution in [0.25, 0.3) is 0 Å². The first-order valence-electron chi connectivity index (χ1n) is 5.65. The van der Waals surface area contributed by atoms with E-state index < -0.39 is 11.9 Å². The third-order valence-corrected chi connectivity index (χ3v) is 3.76. The maximum atomic E-state index is 13.6. The highest BCUT2D eigenvalue weighted by molar-refractivity contribution is 7.99. The molecule has 2 rings (SSSR count). The van der Waals surface area contributed by atoms with Crippen molar-refractivity contribution in [1.82, 2.24) is 10.4 Å². The van der Waals surface area contributed by atoms with E-state index in [1.165, 1.54) is 24.0 Å². The number of halogens is 2. The molecule has 0 spiro atoms. The molecule has 1 aromatic carbocycles. The highest BCUT2D eigenvalue weighted by Crippen LogP contribution is 2.27. The van der Waals surface area contributed by atoms with Gasteiger partial charge in [-0.3, -0.25) is 16.3 Å². The van der Waals surface area contributed by atoms with Crippen molar-refractivity contribution in [3.05, 3.63) is 59.9 Å². The zero-order valence-electron chi connectivity index (χ0n) is 10.0. The largest absolute Gasteiger partial charge is 0.271 e. The molecular weight excluding hydrogens is 268 g/mol. The highest BCUT2D eigenvalue weighted by atomic mass is 32.2. The van der Waals surface area contributed by atoms with Crippen molar-refractivity contribution in [3.8, 4) is 0 Å². The second-order valence-corrected chi connectivity index (χ2v) is 4.92. The summed E-state index contributed by atoms with van der Waals surface area (Å²) in [6.45, 7) is 0. The molecule has 0 bridgehead atoms. The van der Waals surface area contributed by atoms with Crippen molar-refractivity contribution in [2.24, 2.45) is 5.84 Å². The molecule has 2 aromatic rings. The molecule has 1 heterocycles. The Labute approximate surface area is 114 Å². The van der Waals surface area contributed by atoms with Crippen molar-refractivity contribution < 1.29 is 8.78 Å². The number of nitrogens with zero attached hydrogens (tertiary/aromatic N) is 1. The Bertz CT molecular complexity index is 551. The highest BCUT2D eigenvalue weighted by Gasteiger charge is 2.15. The minimum atomic E-state index is -0.431. The Morgan fingerprint density at radius 3 is 2.68 bits per heavy atom. The van der Waals surface area contributed by atoms with Crippen LogP contribution in [-0.2, 0) is 0 Å². The summed E-state index contributed by atoms with van der Waals surface area (Å²) in [5, 5.41) is 0. The van der Waals surface area contributed by atoms with Gasteiger partial charge in [-0.15, -0.1) is 11.8 Å². The van der Waals surface area contributed by atoms with Crippen molar-refractivity contribution in [3.63, 3.8) is 0 Å². The quantitative estimate of drug-likeness (QED) is 0.502. The van der Waals surface area contributed by atoms with Crippen molar-refractivity contribution in [2.75, 3.05) is 5.75 Å². The van der Waals surface area contributed by atoms with E-state index >= 15 is 0 Å². The minimum absolute atomic E-state index is 0.293. The summed E-state index contributed by atoms with van der Waals surface area (Å²) in [5.41, 5.74) is 2.96. The lowest BCUT2D eigenvalue weighted by Crippen LogP contribution is -2.30. The van der Waals surface area contributed by atoms with Crippen LogP contribution in [0.5, 0.6) is 0 Å². The van der Waals surface area contributed by atoms with E-state index in [2.05, 4.69) is 10.4 Å². The summed E-state index contributed by atoms with van der Waals surface area (Å²) < 4.78 is 27.1. The van der Waals surface area contributed by atoms with Gasteiger partial charge in [0.25, 0.3) is 0 Å². The number of hydrazine groups is 1. The second kappa shape index (κ2) is 6.60. The third kappa shape index (κ3) is 3.50. The first-order chi connectivity index (χ1) is 9.22. The van der Waals surface area contributed by atoms with Gasteiger partial charge in [0.05, 0.1) is 12.2 Å². The number of pyridine rings is 1. The van der Waals surface area contributed by atoms with E-state index in [0.717, 1.165) is 6.20 Å². The van der Waals surface area contributed by atoms with Crippen LogP contribution in [0.1, 0.15) is 11.6 Å². The van der Waals surface area contributed by atoms with Gasteiger partial charge in [0, 0.05) is 22.4 Å². The number of rotatable bonds is 5. The number of benzene rings is 1. The van der Waals surface area contributed by atoms with Crippen LogP contribution in [-0.4, -0.2) is 10.7 Å². The van der Waals surface area contributed by atoms with E-state index in [9.17, 15) is 8.78 Å². The van der Waals surface area contributed by atoms with Crippen molar-refractivity contribution >= 4 is 11.8 Å². The summed E-state index contributed by atoms with van der Waals surface area (Å²) in [6, 6.07) is 7.59. The molecule has 1 unspecified atom stereocenters. The maximum Gasteiger partial charge on any atom is 0.146 e. The average Bonchev–Trinajstić information content (AvgIpc) is 2.43. The topological polar surface area (TPSA) is 50.9 Å². The van der Waals surface area contributed by atoms with Gasteiger partial charge in [-0.05, 0) is 18.2 Å². The second-order valence-electron chi connectivity index (χ2n) is 3.86. The summed E-state index contributed by atoms with van der Waals surface area (Å²) in [5.74, 6) is 5.12. The number of thioether (sulfide) groups is 1. The van der Waals surface area contributed by atoms with Gasteiger partial charge in [-0.2, -0.15) is 0 Å². The molecule has 0 saturated carbocycles. The summed E-state index contributed by atoms with van der Waals surface area (Å²) in [6.07, 6.45) is 2.63. The summed E-state index contributed by atoms with van der Waals surface area (Å²) in [7, 11) is 0. The summed E-state index contributed by atoms with van der Waals surface area (Å²) in [4.78, 5) is 4.19. The summed E-state index contributed by atoms with van der Waals surface area (Å²) >= 11 is 1.28. The lowest BCUT2D eigenvalue weighted by atomic mass is 10.1. The van der Waals surface area contributed by atoms with E-state index in [-0.39, 0.29) is 5.82 Å². The zero-order valence-corrected chi connectivity index (χ0v) is 10.8. The van der Waals surface area contributed by atoms with E-state index in [1.807, 2.05) is 0 Å². The number of nitrogens with one attached hydrogen (secondary N) is 1. The van der Waals surface area contributed by atoms with Gasteiger partial charge < -0.3 is 0 Å². The fourth-order valence-electron chi connectivity index (χ4n) is 1.63. The van der Waals surface area contributed by atoms with Crippen LogP contribution in [0.3, 0.4) is 0 Å². The third-order valence-electron chi connectivity index (χ3n) is 2.62. The standard InChI is InChI=1S/C13H13F2N3S/c14-10-3-1-2-4-13(10)19-8-12(18-16)9-5-6-17-7-11(9)15/h1-7,12,18H,8,16H2. The minimum Gasteiger partial charge on any atom is -0.271 e. The number of hydrogen-bond acceptors (Lipinski definition) is 4. The monoisotopic (exact) mass is 281 g/mol. The Kier molecular flexibility index (Phi) is 4.84. The first kappa shape index (κ1) is 13.9. The SMILES string of the molecule is NNC(CSc1ccccc1F)c1ccncc1F. The molecule has 1 atom stereocenters. The van der Waals surface area contributed by atoms with Crippen LogP contribution in [0.2, 0.25) is 0 Å². The molecule has 0 aliphatic carbocycles. The smallest absolute Gasteiger partial charge is 0.146 e. The van der Waals surface area contributed by atoms with Crippen LogP contribution in [0.15, 0.2) is 47.6 Å². The Morgan fingerprint density at radius 2 is 2.00 bits per heavy atom. The van der Waals surface area contributed by atoms with Crippen LogP contribution in [0.4, 0.5) is 8.78 Å². The fourth-order valence-corrected chi connectivity index (χ4v) is 2.63. The molecule has 100 valence electrons. The molecule has 6 heteroatoms. The van der Waals surface area contributed by atoms with E-state index in [1.54, 1.807) is 24.3 Å². The normalized spacial score (nSPS) is 12.4. The van der Waals surface area contributed by atoms with Gasteiger partial charge in [0.15, 0.2) is 0 Å². The molecule has 0 radical (unpaired) electrons. The van der Waals surface area contributed by atoms with E-state index in [0.29, 0.717) is 16.2 Å². The molecule has 0 fully saturated rings. The Morgan fingerprint density at radius 1 is 1.21 bits per heavy atom. The predicted octanol–water partition coefficient (Wildman–Crippen LogP) is 2.66. The molecule has 0 aliphatic rings. The molecule has 0 aliphatic heterocycles. The maximum absolute atomic E-state index is 13.6. The molecule has 0 saturated heterocycles. The van der Waals surface area contributed by atoms with Crippen molar-refractivity contribution in [1.29, 1.82) is 0 Å². The number of hydrogen-bond donors (Lipinski definition) is 2. The lowest BCUT2D eigenvalue weighted by Gasteiger charge is -2.16. The lowest BCUT2D eigenvalue weighted by molar-refractivity contribution is 0.542. The molecule has 0 amide bonds. The Hall–Kier alpha value is -1.50. The van der Waals surface area contributed by atoms with Gasteiger partial charge in [-0.1, -0.05) is 12.1 Å². The first-order valence-corrected chi connectivity index (χ1v) is 6.64. The van der Waals surface area contributed by atoms with Gasteiger partial charge in [0.2, 0.25) is 0 Å². The number of nitrogens with two attached hydrogens (primary N) is 1. The Balaban J connectivity index is 2.09. The van der Waals surface area contributed by atoms with Crippen LogP contribution < -0.4 is 11.3 Å². The molecule has 19 heavy (non-hydrogen) atoms. The zero-order chi connectivity index (χ0) is 13.7. The molecule has 3 nitrogen and oxygen atoms in total. The fraction of sp³-hybridized carbons (Fsp3) is 0.154. The van der Waals surface area contributed by atoms with E-state index in [4.69, 9.17) is 5.84 Å². The van der Waals surface area contributed by atoms with Crippen LogP contribution >= 0.6 is 11.8 Å². The average molecular weight is 281 g/mol. The van der Waals surface area contributed by atoms with Gasteiger partial charge in [0.1, 0.15) is 11.6 Å². The van der Waals surface area contributed by atoms with Crippen molar-refractivity contribution in [2.45, 2.75) is 10.9 Å². The molecule has 3 N–H and O–H groups in total. The van der Waals surface area contributed by atoms with Crippen LogP contribution in [0, 0.1) is 11.6 Å². The molecular formula is C13H13F2N3S. The van der Waals surface area contributed by atoms with Gasteiger partial charge >= 0.3 is 0 Å². The number of aromatic nitrogens is 1. The molecule has 1 aromatic heterocycles. The predicted molar refractivity (Wildman–Crippen MR) is 71.4 cm³/mol.